The highest BCUT2D eigenvalue weighted by Crippen LogP contribution is 2.25. The van der Waals surface area contributed by atoms with E-state index in [2.05, 4.69) is 16.1 Å². The number of allylic oxidation sites excluding steroid dienone is 1. The minimum absolute atomic E-state index is 0.0453. The van der Waals surface area contributed by atoms with Crippen LogP contribution in [0.2, 0.25) is 0 Å². The van der Waals surface area contributed by atoms with E-state index in [-0.39, 0.29) is 35.6 Å². The van der Waals surface area contributed by atoms with Gasteiger partial charge in [-0.05, 0) is 57.1 Å². The van der Waals surface area contributed by atoms with Gasteiger partial charge in [0.2, 0.25) is 5.91 Å². The molecule has 1 aliphatic heterocycles. The molecule has 1 aromatic rings. The van der Waals surface area contributed by atoms with E-state index in [0.29, 0.717) is 25.9 Å². The number of ether oxygens (including phenoxy) is 1. The van der Waals surface area contributed by atoms with Crippen LogP contribution in [0.5, 0.6) is 5.75 Å². The molecule has 1 N–H and O–H groups in total. The Morgan fingerprint density at radius 1 is 1.21 bits per heavy atom. The second kappa shape index (κ2) is 10.4. The highest BCUT2D eigenvalue weighted by atomic mass is 19.3. The van der Waals surface area contributed by atoms with Crippen LogP contribution in [-0.2, 0) is 4.79 Å². The van der Waals surface area contributed by atoms with Gasteiger partial charge in [-0.3, -0.25) is 9.59 Å². The highest BCUT2D eigenvalue weighted by molar-refractivity contribution is 5.97. The van der Waals surface area contributed by atoms with Crippen molar-refractivity contribution >= 4 is 11.8 Å². The lowest BCUT2D eigenvalue weighted by Crippen LogP contribution is -2.45. The SMILES string of the molecule is O=C(NCCC1=CCCCC1)C1CCCN(C(=O)c2ccccc2OC(F)F)C1. The van der Waals surface area contributed by atoms with E-state index in [1.54, 1.807) is 17.0 Å². The van der Waals surface area contributed by atoms with E-state index >= 15 is 0 Å². The molecule has 1 atom stereocenters. The molecular formula is C22H28F2N2O3. The molecule has 5 nitrogen and oxygen atoms in total. The first-order valence-corrected chi connectivity index (χ1v) is 10.3. The van der Waals surface area contributed by atoms with Crippen LogP contribution in [0.1, 0.15) is 55.3 Å². The van der Waals surface area contributed by atoms with Gasteiger partial charge >= 0.3 is 6.61 Å². The van der Waals surface area contributed by atoms with Crippen LogP contribution in [0.15, 0.2) is 35.9 Å². The lowest BCUT2D eigenvalue weighted by molar-refractivity contribution is -0.126. The van der Waals surface area contributed by atoms with Gasteiger partial charge in [0.15, 0.2) is 0 Å². The lowest BCUT2D eigenvalue weighted by atomic mass is 9.95. The quantitative estimate of drug-likeness (QED) is 0.692. The third-order valence-corrected chi connectivity index (χ3v) is 5.54. The smallest absolute Gasteiger partial charge is 0.387 e. The van der Waals surface area contributed by atoms with Gasteiger partial charge in [-0.15, -0.1) is 0 Å². The molecule has 3 rings (SSSR count). The number of halogens is 2. The fourth-order valence-electron chi connectivity index (χ4n) is 4.01. The van der Waals surface area contributed by atoms with Crippen LogP contribution in [-0.4, -0.2) is 43.0 Å². The number of likely N-dealkylation sites (tertiary alicyclic amines) is 1. The lowest BCUT2D eigenvalue weighted by Gasteiger charge is -2.32. The first-order valence-electron chi connectivity index (χ1n) is 10.3. The molecule has 0 bridgehead atoms. The maximum absolute atomic E-state index is 12.9. The Bertz CT molecular complexity index is 751. The number of nitrogens with zero attached hydrogens (tertiary/aromatic N) is 1. The summed E-state index contributed by atoms with van der Waals surface area (Å²) >= 11 is 0. The second-order valence-electron chi connectivity index (χ2n) is 7.61. The van der Waals surface area contributed by atoms with Crippen molar-refractivity contribution in [3.8, 4) is 5.75 Å². The topological polar surface area (TPSA) is 58.6 Å². The van der Waals surface area contributed by atoms with Crippen LogP contribution in [0.4, 0.5) is 8.78 Å². The molecule has 158 valence electrons. The molecule has 0 saturated carbocycles. The Kier molecular flexibility index (Phi) is 7.61. The van der Waals surface area contributed by atoms with Crippen molar-refractivity contribution in [1.82, 2.24) is 10.2 Å². The molecule has 1 unspecified atom stereocenters. The van der Waals surface area contributed by atoms with E-state index in [0.717, 1.165) is 19.3 Å². The molecule has 29 heavy (non-hydrogen) atoms. The average molecular weight is 406 g/mol. The molecule has 1 heterocycles. The van der Waals surface area contributed by atoms with Gasteiger partial charge in [0, 0.05) is 19.6 Å². The van der Waals surface area contributed by atoms with Crippen LogP contribution < -0.4 is 10.1 Å². The number of hydrogen-bond acceptors (Lipinski definition) is 3. The fraction of sp³-hybridized carbons (Fsp3) is 0.545. The Morgan fingerprint density at radius 3 is 2.79 bits per heavy atom. The largest absolute Gasteiger partial charge is 0.434 e. The first kappa shape index (κ1) is 21.3. The van der Waals surface area contributed by atoms with Crippen molar-refractivity contribution in [2.45, 2.75) is 51.6 Å². The van der Waals surface area contributed by atoms with Gasteiger partial charge in [-0.2, -0.15) is 8.78 Å². The summed E-state index contributed by atoms with van der Waals surface area (Å²) in [5, 5.41) is 2.99. The number of carbonyl (C=O) groups is 2. The number of amides is 2. The zero-order valence-corrected chi connectivity index (χ0v) is 16.5. The summed E-state index contributed by atoms with van der Waals surface area (Å²) < 4.78 is 29.7. The van der Waals surface area contributed by atoms with Crippen LogP contribution in [0, 0.1) is 5.92 Å². The van der Waals surface area contributed by atoms with Gasteiger partial charge < -0.3 is 15.0 Å². The molecule has 0 radical (unpaired) electrons. The molecule has 1 aliphatic carbocycles. The minimum Gasteiger partial charge on any atom is -0.434 e. The Labute approximate surface area is 170 Å². The van der Waals surface area contributed by atoms with E-state index in [1.807, 2.05) is 0 Å². The number of carbonyl (C=O) groups excluding carboxylic acids is 2. The number of para-hydroxylation sites is 1. The summed E-state index contributed by atoms with van der Waals surface area (Å²) in [6.45, 7) is -1.60. The van der Waals surface area contributed by atoms with E-state index < -0.39 is 6.61 Å². The molecule has 1 aromatic carbocycles. The van der Waals surface area contributed by atoms with Gasteiger partial charge in [-0.1, -0.05) is 23.8 Å². The van der Waals surface area contributed by atoms with Gasteiger partial charge in [-0.25, -0.2) is 0 Å². The molecular weight excluding hydrogens is 378 g/mol. The maximum atomic E-state index is 12.9. The molecule has 0 spiro atoms. The van der Waals surface area contributed by atoms with Crippen LogP contribution in [0.25, 0.3) is 0 Å². The van der Waals surface area contributed by atoms with E-state index in [9.17, 15) is 18.4 Å². The first-order chi connectivity index (χ1) is 14.0. The van der Waals surface area contributed by atoms with Crippen molar-refractivity contribution in [2.75, 3.05) is 19.6 Å². The molecule has 2 aliphatic rings. The third kappa shape index (κ3) is 6.02. The maximum Gasteiger partial charge on any atom is 0.387 e. The Balaban J connectivity index is 1.55. The summed E-state index contributed by atoms with van der Waals surface area (Å²) in [6, 6.07) is 5.98. The number of alkyl halides is 2. The minimum atomic E-state index is -3.00. The second-order valence-corrected chi connectivity index (χ2v) is 7.61. The molecule has 1 fully saturated rings. The summed E-state index contributed by atoms with van der Waals surface area (Å²) in [6.07, 6.45) is 9.26. The predicted octanol–water partition coefficient (Wildman–Crippen LogP) is 4.15. The Hall–Kier alpha value is -2.44. The normalized spacial score (nSPS) is 19.6. The Morgan fingerprint density at radius 2 is 2.03 bits per heavy atom. The van der Waals surface area contributed by atoms with Crippen molar-refractivity contribution in [3.05, 3.63) is 41.5 Å². The zero-order chi connectivity index (χ0) is 20.6. The van der Waals surface area contributed by atoms with Crippen molar-refractivity contribution in [3.63, 3.8) is 0 Å². The summed E-state index contributed by atoms with van der Waals surface area (Å²) in [5.41, 5.74) is 1.51. The molecule has 7 heteroatoms. The predicted molar refractivity (Wildman–Crippen MR) is 106 cm³/mol. The molecule has 1 saturated heterocycles. The number of benzene rings is 1. The van der Waals surface area contributed by atoms with E-state index in [4.69, 9.17) is 0 Å². The van der Waals surface area contributed by atoms with E-state index in [1.165, 1.54) is 30.5 Å². The molecule has 2 amide bonds. The number of nitrogens with one attached hydrogen (secondary N) is 1. The molecule has 0 aromatic heterocycles. The van der Waals surface area contributed by atoms with Crippen molar-refractivity contribution in [2.24, 2.45) is 5.92 Å². The summed E-state index contributed by atoms with van der Waals surface area (Å²) in [7, 11) is 0. The number of hydrogen-bond donors (Lipinski definition) is 1. The summed E-state index contributed by atoms with van der Waals surface area (Å²) in [4.78, 5) is 27.0. The van der Waals surface area contributed by atoms with Gasteiger partial charge in [0.05, 0.1) is 11.5 Å². The monoisotopic (exact) mass is 406 g/mol. The van der Waals surface area contributed by atoms with Crippen LogP contribution >= 0.6 is 0 Å². The van der Waals surface area contributed by atoms with Crippen molar-refractivity contribution < 1.29 is 23.1 Å². The van der Waals surface area contributed by atoms with Crippen molar-refractivity contribution in [1.29, 1.82) is 0 Å². The zero-order valence-electron chi connectivity index (χ0n) is 16.5. The van der Waals surface area contributed by atoms with Gasteiger partial charge in [0.25, 0.3) is 5.91 Å². The average Bonchev–Trinajstić information content (AvgIpc) is 2.74. The summed E-state index contributed by atoms with van der Waals surface area (Å²) in [5.74, 6) is -0.849. The standard InChI is InChI=1S/C22H28F2N2O3/c23-22(24)29-19-11-5-4-10-18(19)21(28)26-14-6-9-17(15-26)20(27)25-13-12-16-7-2-1-3-8-16/h4-5,7,10-11,17,22H,1-3,6,8-9,12-15H2,(H,25,27). The highest BCUT2D eigenvalue weighted by Gasteiger charge is 2.30. The van der Waals surface area contributed by atoms with Gasteiger partial charge in [0.1, 0.15) is 5.75 Å². The number of piperidine rings is 1. The third-order valence-electron chi connectivity index (χ3n) is 5.54. The number of rotatable bonds is 7. The van der Waals surface area contributed by atoms with Crippen LogP contribution in [0.3, 0.4) is 0 Å². The fourth-order valence-corrected chi connectivity index (χ4v) is 4.01.